The van der Waals surface area contributed by atoms with Gasteiger partial charge in [-0.2, -0.15) is 0 Å². The second-order valence-electron chi connectivity index (χ2n) is 5.37. The van der Waals surface area contributed by atoms with E-state index in [9.17, 15) is 9.59 Å². The molecule has 0 spiro atoms. The molecule has 0 amide bonds. The highest BCUT2D eigenvalue weighted by Gasteiger charge is 2.12. The highest BCUT2D eigenvalue weighted by molar-refractivity contribution is 5.91. The molecule has 0 saturated carbocycles. The number of furan rings is 1. The number of carbonyl (C=O) groups excluding carboxylic acids is 1. The largest absolute Gasteiger partial charge is 0.461 e. The van der Waals surface area contributed by atoms with Crippen molar-refractivity contribution in [3.63, 3.8) is 0 Å². The Morgan fingerprint density at radius 1 is 0.880 bits per heavy atom. The number of hydrogen-bond acceptors (Lipinski definition) is 5. The van der Waals surface area contributed by atoms with Crippen molar-refractivity contribution in [2.75, 3.05) is 0 Å². The first kappa shape index (κ1) is 15.0. The summed E-state index contributed by atoms with van der Waals surface area (Å²) in [5.74, 6) is 0.603. The lowest BCUT2D eigenvalue weighted by molar-refractivity contribution is 0.0735. The summed E-state index contributed by atoms with van der Waals surface area (Å²) in [6.45, 7) is 0. The molecular weight excluding hydrogens is 320 g/mol. The van der Waals surface area contributed by atoms with Crippen molar-refractivity contribution < 1.29 is 18.4 Å². The van der Waals surface area contributed by atoms with Crippen LogP contribution < -0.4 is 10.2 Å². The summed E-state index contributed by atoms with van der Waals surface area (Å²) in [7, 11) is 0. The van der Waals surface area contributed by atoms with Crippen molar-refractivity contribution in [1.82, 2.24) is 0 Å². The minimum Gasteiger partial charge on any atom is -0.461 e. The molecule has 0 aliphatic heterocycles. The normalized spacial score (nSPS) is 10.7. The van der Waals surface area contributed by atoms with Gasteiger partial charge < -0.3 is 13.6 Å². The number of hydrogen-bond donors (Lipinski definition) is 0. The molecule has 5 nitrogen and oxygen atoms in total. The highest BCUT2D eigenvalue weighted by atomic mass is 16.5. The van der Waals surface area contributed by atoms with Crippen LogP contribution in [-0.2, 0) is 0 Å². The number of benzene rings is 2. The van der Waals surface area contributed by atoms with Gasteiger partial charge in [0.05, 0.1) is 17.2 Å². The van der Waals surface area contributed by atoms with Gasteiger partial charge in [-0.3, -0.25) is 4.79 Å². The summed E-state index contributed by atoms with van der Waals surface area (Å²) in [5.41, 5.74) is 0.575. The third kappa shape index (κ3) is 2.95. The Hall–Kier alpha value is -3.60. The van der Waals surface area contributed by atoms with Crippen molar-refractivity contribution in [2.45, 2.75) is 0 Å². The van der Waals surface area contributed by atoms with Crippen molar-refractivity contribution in [1.29, 1.82) is 0 Å². The van der Waals surface area contributed by atoms with E-state index in [1.54, 1.807) is 48.5 Å². The van der Waals surface area contributed by atoms with E-state index in [1.807, 2.05) is 6.07 Å². The minimum absolute atomic E-state index is 0.245. The standard InChI is InChI=1S/C20H12O5/c21-16-12-19(18-7-4-10-23-18)25-17-9-8-14(11-15(16)17)24-20(22)13-5-2-1-3-6-13/h1-12H. The SMILES string of the molecule is O=C(Oc1ccc2oc(-c3ccco3)cc(=O)c2c1)c1ccccc1. The van der Waals surface area contributed by atoms with Gasteiger partial charge in [0.1, 0.15) is 11.3 Å². The molecule has 2 aromatic heterocycles. The Kier molecular flexibility index (Phi) is 3.67. The van der Waals surface area contributed by atoms with E-state index in [-0.39, 0.29) is 11.2 Å². The van der Waals surface area contributed by atoms with Crippen molar-refractivity contribution in [2.24, 2.45) is 0 Å². The van der Waals surface area contributed by atoms with Crippen LogP contribution in [0.15, 0.2) is 86.6 Å². The quantitative estimate of drug-likeness (QED) is 0.414. The van der Waals surface area contributed by atoms with Gasteiger partial charge in [0, 0.05) is 6.07 Å². The third-order valence-corrected chi connectivity index (χ3v) is 3.68. The Morgan fingerprint density at radius 3 is 2.48 bits per heavy atom. The fourth-order valence-corrected chi connectivity index (χ4v) is 2.48. The molecule has 0 saturated heterocycles. The number of fused-ring (bicyclic) bond motifs is 1. The summed E-state index contributed by atoms with van der Waals surface area (Å²) in [4.78, 5) is 24.5. The molecule has 122 valence electrons. The Balaban J connectivity index is 1.69. The van der Waals surface area contributed by atoms with Crippen LogP contribution in [0.5, 0.6) is 5.75 Å². The maximum Gasteiger partial charge on any atom is 0.343 e. The van der Waals surface area contributed by atoms with Crippen LogP contribution in [-0.4, -0.2) is 5.97 Å². The number of rotatable bonds is 3. The van der Waals surface area contributed by atoms with Crippen LogP contribution >= 0.6 is 0 Å². The molecule has 4 aromatic rings. The number of esters is 1. The van der Waals surface area contributed by atoms with E-state index in [4.69, 9.17) is 13.6 Å². The summed E-state index contributed by atoms with van der Waals surface area (Å²) >= 11 is 0. The van der Waals surface area contributed by atoms with Gasteiger partial charge in [-0.05, 0) is 42.5 Å². The first-order valence-electron chi connectivity index (χ1n) is 7.60. The second kappa shape index (κ2) is 6.13. The van der Waals surface area contributed by atoms with Gasteiger partial charge in [0.2, 0.25) is 0 Å². The topological polar surface area (TPSA) is 69.7 Å². The van der Waals surface area contributed by atoms with Crippen molar-refractivity contribution in [3.8, 4) is 17.3 Å². The van der Waals surface area contributed by atoms with Crippen molar-refractivity contribution >= 4 is 16.9 Å². The molecule has 0 radical (unpaired) electrons. The van der Waals surface area contributed by atoms with Crippen LogP contribution in [0.25, 0.3) is 22.5 Å². The molecule has 0 aliphatic rings. The van der Waals surface area contributed by atoms with Gasteiger partial charge >= 0.3 is 5.97 Å². The fourth-order valence-electron chi connectivity index (χ4n) is 2.48. The van der Waals surface area contributed by atoms with Crippen LogP contribution in [0.3, 0.4) is 0 Å². The van der Waals surface area contributed by atoms with Crippen LogP contribution in [0.4, 0.5) is 0 Å². The molecule has 25 heavy (non-hydrogen) atoms. The maximum absolute atomic E-state index is 12.4. The molecule has 0 unspecified atom stereocenters. The summed E-state index contributed by atoms with van der Waals surface area (Å²) < 4.78 is 16.3. The molecule has 2 aromatic carbocycles. The van der Waals surface area contributed by atoms with Gasteiger partial charge in [-0.1, -0.05) is 18.2 Å². The average Bonchev–Trinajstić information content (AvgIpc) is 3.17. The molecule has 0 N–H and O–H groups in total. The smallest absolute Gasteiger partial charge is 0.343 e. The second-order valence-corrected chi connectivity index (χ2v) is 5.37. The van der Waals surface area contributed by atoms with E-state index in [0.717, 1.165) is 0 Å². The lowest BCUT2D eigenvalue weighted by atomic mass is 10.2. The Morgan fingerprint density at radius 2 is 1.72 bits per heavy atom. The Bertz CT molecular complexity index is 1090. The predicted molar refractivity (Wildman–Crippen MR) is 91.6 cm³/mol. The van der Waals surface area contributed by atoms with Gasteiger partial charge in [0.25, 0.3) is 0 Å². The molecule has 0 bridgehead atoms. The van der Waals surface area contributed by atoms with E-state index in [1.165, 1.54) is 18.4 Å². The molecule has 0 atom stereocenters. The zero-order chi connectivity index (χ0) is 17.2. The van der Waals surface area contributed by atoms with E-state index < -0.39 is 5.97 Å². The average molecular weight is 332 g/mol. The third-order valence-electron chi connectivity index (χ3n) is 3.68. The first-order valence-corrected chi connectivity index (χ1v) is 7.60. The molecule has 4 rings (SSSR count). The van der Waals surface area contributed by atoms with Crippen LogP contribution in [0.1, 0.15) is 10.4 Å². The Labute approximate surface area is 142 Å². The van der Waals surface area contributed by atoms with Crippen LogP contribution in [0.2, 0.25) is 0 Å². The summed E-state index contributed by atoms with van der Waals surface area (Å²) in [6.07, 6.45) is 1.51. The van der Waals surface area contributed by atoms with Gasteiger partial charge in [-0.15, -0.1) is 0 Å². The molecular formula is C20H12O5. The van der Waals surface area contributed by atoms with Crippen molar-refractivity contribution in [3.05, 3.63) is 88.8 Å². The predicted octanol–water partition coefficient (Wildman–Crippen LogP) is 4.27. The zero-order valence-electron chi connectivity index (χ0n) is 13.0. The van der Waals surface area contributed by atoms with Crippen LogP contribution in [0, 0.1) is 0 Å². The maximum atomic E-state index is 12.4. The number of carbonyl (C=O) groups is 1. The van der Waals surface area contributed by atoms with Gasteiger partial charge in [0.15, 0.2) is 16.9 Å². The fraction of sp³-hybridized carbons (Fsp3) is 0. The monoisotopic (exact) mass is 332 g/mol. The lowest BCUT2D eigenvalue weighted by Crippen LogP contribution is -2.08. The van der Waals surface area contributed by atoms with E-state index in [0.29, 0.717) is 28.1 Å². The van der Waals surface area contributed by atoms with Gasteiger partial charge in [-0.25, -0.2) is 4.79 Å². The first-order chi connectivity index (χ1) is 12.2. The van der Waals surface area contributed by atoms with E-state index >= 15 is 0 Å². The molecule has 5 heteroatoms. The summed E-state index contributed by atoms with van der Waals surface area (Å²) in [6, 6.07) is 18.1. The highest BCUT2D eigenvalue weighted by Crippen LogP contribution is 2.25. The lowest BCUT2D eigenvalue weighted by Gasteiger charge is -2.06. The van der Waals surface area contributed by atoms with E-state index in [2.05, 4.69) is 0 Å². The molecule has 0 fully saturated rings. The summed E-state index contributed by atoms with van der Waals surface area (Å²) in [5, 5.41) is 0.327. The molecule has 0 aliphatic carbocycles. The molecule has 2 heterocycles. The zero-order valence-corrected chi connectivity index (χ0v) is 13.0. The minimum atomic E-state index is -0.489. The number of ether oxygens (including phenoxy) is 1.